The molecule has 0 aliphatic heterocycles. The molecule has 0 atom stereocenters. The third-order valence-electron chi connectivity index (χ3n) is 4.09. The molecule has 0 amide bonds. The Balaban J connectivity index is 2.21. The van der Waals surface area contributed by atoms with E-state index in [0.29, 0.717) is 0 Å². The van der Waals surface area contributed by atoms with Gasteiger partial charge in [0.1, 0.15) is 17.4 Å². The van der Waals surface area contributed by atoms with Gasteiger partial charge in [0.15, 0.2) is 0 Å². The molecule has 2 aromatic carbocycles. The fourth-order valence-corrected chi connectivity index (χ4v) is 2.83. The van der Waals surface area contributed by atoms with Gasteiger partial charge in [0.2, 0.25) is 0 Å². The minimum Gasteiger partial charge on any atom is -0.344 e. The Morgan fingerprint density at radius 3 is 1.85 bits per heavy atom. The molecule has 0 aromatic heterocycles. The lowest BCUT2D eigenvalue weighted by atomic mass is 10.1. The highest BCUT2D eigenvalue weighted by Gasteiger charge is 2.21. The third kappa shape index (κ3) is 6.25. The van der Waals surface area contributed by atoms with Crippen molar-refractivity contribution in [3.63, 3.8) is 0 Å². The molecule has 0 saturated carbocycles. The van der Waals surface area contributed by atoms with Gasteiger partial charge < -0.3 is 4.90 Å². The summed E-state index contributed by atoms with van der Waals surface area (Å²) in [4.78, 5) is 2.27. The van der Waals surface area contributed by atoms with Crippen LogP contribution < -0.4 is 4.90 Å². The van der Waals surface area contributed by atoms with Crippen molar-refractivity contribution in [3.05, 3.63) is 85.1 Å². The molecule has 2 rings (SSSR count). The summed E-state index contributed by atoms with van der Waals surface area (Å²) in [6, 6.07) is 20.8. The fourth-order valence-electron chi connectivity index (χ4n) is 2.83. The maximum atomic E-state index is 3.41. The molecule has 0 saturated heterocycles. The lowest BCUT2D eigenvalue weighted by Gasteiger charge is -2.35. The molecule has 0 fully saturated rings. The summed E-state index contributed by atoms with van der Waals surface area (Å²) in [6.07, 6.45) is 11.6. The quantitative estimate of drug-likeness (QED) is 0.257. The smallest absolute Gasteiger partial charge is 0.137 e. The summed E-state index contributed by atoms with van der Waals surface area (Å²) in [6.45, 7) is 13.2. The van der Waals surface area contributed by atoms with E-state index in [0.717, 1.165) is 5.69 Å². The highest BCUT2D eigenvalue weighted by Crippen LogP contribution is 2.24. The Labute approximate surface area is 165 Å². The molecular formula is C25H32N2. The first-order valence-corrected chi connectivity index (χ1v) is 9.49. The molecule has 0 N–H and O–H groups in total. The number of para-hydroxylation sites is 2. The Bertz CT molecular complexity index is 786. The normalized spacial score (nSPS) is 13.5. The van der Waals surface area contributed by atoms with Crippen LogP contribution in [-0.2, 0) is 0 Å². The van der Waals surface area contributed by atoms with E-state index in [4.69, 9.17) is 0 Å². The zero-order chi connectivity index (χ0) is 19.9. The summed E-state index contributed by atoms with van der Waals surface area (Å²) in [5.41, 5.74) is 2.28. The maximum absolute atomic E-state index is 3.41. The van der Waals surface area contributed by atoms with E-state index in [2.05, 4.69) is 118 Å². The summed E-state index contributed by atoms with van der Waals surface area (Å²) in [7, 11) is 0. The van der Waals surface area contributed by atoms with E-state index < -0.39 is 0 Å². The lowest BCUT2D eigenvalue weighted by Crippen LogP contribution is -2.37. The van der Waals surface area contributed by atoms with Crippen molar-refractivity contribution in [3.8, 4) is 0 Å². The zero-order valence-corrected chi connectivity index (χ0v) is 17.5. The second-order valence-corrected chi connectivity index (χ2v) is 8.55. The Morgan fingerprint density at radius 2 is 1.33 bits per heavy atom. The topological polar surface area (TPSA) is 6.25 Å². The SMILES string of the molecule is CC(C)(C)N(C=C/C=C/[C-]=[N+](c1ccccc1)C(C)(C)C)c1ccccc1. The number of anilines is 1. The van der Waals surface area contributed by atoms with Crippen molar-refractivity contribution >= 4 is 17.6 Å². The lowest BCUT2D eigenvalue weighted by molar-refractivity contribution is -0.515. The molecule has 2 aromatic rings. The highest BCUT2D eigenvalue weighted by molar-refractivity contribution is 5.68. The van der Waals surface area contributed by atoms with E-state index in [1.165, 1.54) is 5.69 Å². The van der Waals surface area contributed by atoms with Crippen molar-refractivity contribution in [2.24, 2.45) is 0 Å². The van der Waals surface area contributed by atoms with Gasteiger partial charge in [-0.15, -0.1) is 12.2 Å². The summed E-state index contributed by atoms with van der Waals surface area (Å²) >= 11 is 0. The van der Waals surface area contributed by atoms with Gasteiger partial charge in [0.25, 0.3) is 0 Å². The average molecular weight is 361 g/mol. The predicted molar refractivity (Wildman–Crippen MR) is 118 cm³/mol. The van der Waals surface area contributed by atoms with Crippen LogP contribution in [0.3, 0.4) is 0 Å². The first-order chi connectivity index (χ1) is 12.7. The van der Waals surface area contributed by atoms with Crippen LogP contribution in [0.2, 0.25) is 0 Å². The molecule has 0 bridgehead atoms. The molecule has 2 nitrogen and oxygen atoms in total. The summed E-state index contributed by atoms with van der Waals surface area (Å²) in [5.74, 6) is 0. The number of rotatable bonds is 5. The molecule has 0 unspecified atom stereocenters. The van der Waals surface area contributed by atoms with Crippen molar-refractivity contribution in [1.29, 1.82) is 0 Å². The van der Waals surface area contributed by atoms with E-state index in [9.17, 15) is 0 Å². The van der Waals surface area contributed by atoms with Crippen LogP contribution in [0.15, 0.2) is 85.1 Å². The van der Waals surface area contributed by atoms with E-state index in [-0.39, 0.29) is 11.1 Å². The molecule has 27 heavy (non-hydrogen) atoms. The third-order valence-corrected chi connectivity index (χ3v) is 4.09. The van der Waals surface area contributed by atoms with Crippen LogP contribution in [0, 0.1) is 0 Å². The molecule has 142 valence electrons. The van der Waals surface area contributed by atoms with Crippen molar-refractivity contribution in [1.82, 2.24) is 0 Å². The highest BCUT2D eigenvalue weighted by atomic mass is 15.2. The Kier molecular flexibility index (Phi) is 6.79. The minimum absolute atomic E-state index is 0.000601. The van der Waals surface area contributed by atoms with Crippen LogP contribution in [0.1, 0.15) is 41.5 Å². The van der Waals surface area contributed by atoms with Crippen LogP contribution in [0.25, 0.3) is 0 Å². The van der Waals surface area contributed by atoms with Crippen molar-refractivity contribution in [2.75, 3.05) is 4.90 Å². The van der Waals surface area contributed by atoms with E-state index in [1.807, 2.05) is 24.3 Å². The number of hydrogen-bond donors (Lipinski definition) is 0. The van der Waals surface area contributed by atoms with Gasteiger partial charge in [0, 0.05) is 11.2 Å². The molecular weight excluding hydrogens is 328 g/mol. The van der Waals surface area contributed by atoms with Gasteiger partial charge >= 0.3 is 0 Å². The number of nitrogens with zero attached hydrogens (tertiary/aromatic N) is 2. The molecule has 0 spiro atoms. The van der Waals surface area contributed by atoms with Crippen LogP contribution in [0.5, 0.6) is 0 Å². The van der Waals surface area contributed by atoms with E-state index in [1.54, 1.807) is 0 Å². The van der Waals surface area contributed by atoms with Gasteiger partial charge in [-0.05, 0) is 72.0 Å². The van der Waals surface area contributed by atoms with Crippen molar-refractivity contribution in [2.45, 2.75) is 52.6 Å². The summed E-state index contributed by atoms with van der Waals surface area (Å²) < 4.78 is 2.16. The molecule has 0 heterocycles. The summed E-state index contributed by atoms with van der Waals surface area (Å²) in [5, 5.41) is 0. The average Bonchev–Trinajstić information content (AvgIpc) is 2.60. The molecule has 2 heteroatoms. The maximum Gasteiger partial charge on any atom is 0.137 e. The zero-order valence-electron chi connectivity index (χ0n) is 17.5. The number of allylic oxidation sites excluding steroid dienone is 3. The minimum atomic E-state index is -0.0448. The predicted octanol–water partition coefficient (Wildman–Crippen LogP) is 6.45. The first kappa shape index (κ1) is 20.7. The van der Waals surface area contributed by atoms with Gasteiger partial charge in [-0.1, -0.05) is 36.4 Å². The molecule has 0 aliphatic carbocycles. The van der Waals surface area contributed by atoms with Gasteiger partial charge in [-0.2, -0.15) is 6.08 Å². The number of hydrogen-bond acceptors (Lipinski definition) is 1. The van der Waals surface area contributed by atoms with Gasteiger partial charge in [0.05, 0.1) is 0 Å². The Morgan fingerprint density at radius 1 is 0.778 bits per heavy atom. The number of benzene rings is 2. The van der Waals surface area contributed by atoms with Gasteiger partial charge in [-0.25, -0.2) is 0 Å². The van der Waals surface area contributed by atoms with Crippen LogP contribution in [-0.4, -0.2) is 21.9 Å². The second kappa shape index (κ2) is 8.85. The largest absolute Gasteiger partial charge is 0.344 e. The fraction of sp³-hybridized carbons (Fsp3) is 0.320. The van der Waals surface area contributed by atoms with Gasteiger partial charge in [-0.3, -0.25) is 4.58 Å². The van der Waals surface area contributed by atoms with E-state index >= 15 is 0 Å². The standard InChI is InChI=1S/C25H32N2/c1-24(2,3)26(22-16-10-7-11-17-22)20-14-9-15-21-27(25(4,5)6)23-18-12-8-13-19-23/h7-20H,1-6H3/b15-9+,20-14?. The molecule has 0 radical (unpaired) electrons. The second-order valence-electron chi connectivity index (χ2n) is 8.55. The molecule has 0 aliphatic rings. The first-order valence-electron chi connectivity index (χ1n) is 9.49. The monoisotopic (exact) mass is 360 g/mol. The van der Waals surface area contributed by atoms with Crippen LogP contribution >= 0.6 is 0 Å². The van der Waals surface area contributed by atoms with Crippen molar-refractivity contribution < 1.29 is 4.58 Å². The Hall–Kier alpha value is -2.61. The van der Waals surface area contributed by atoms with Crippen LogP contribution in [0.4, 0.5) is 11.4 Å².